The molecule has 102 valence electrons. The van der Waals surface area contributed by atoms with Crippen molar-refractivity contribution in [3.63, 3.8) is 0 Å². The van der Waals surface area contributed by atoms with Crippen molar-refractivity contribution in [3.05, 3.63) is 23.0 Å². The Kier molecular flexibility index (Phi) is 4.41. The van der Waals surface area contributed by atoms with E-state index in [2.05, 4.69) is 9.72 Å². The largest absolute Gasteiger partial charge is 0.573 e. The van der Waals surface area contributed by atoms with Crippen molar-refractivity contribution in [1.82, 2.24) is 4.98 Å². The van der Waals surface area contributed by atoms with Gasteiger partial charge in [-0.2, -0.15) is 0 Å². The molecule has 1 aromatic heterocycles. The highest BCUT2D eigenvalue weighted by Gasteiger charge is 2.33. The number of nitrogens with zero attached hydrogens (tertiary/aromatic N) is 1. The highest BCUT2D eigenvalue weighted by Crippen LogP contribution is 2.32. The van der Waals surface area contributed by atoms with Crippen molar-refractivity contribution in [2.24, 2.45) is 5.73 Å². The number of alkyl halides is 5. The lowest BCUT2D eigenvalue weighted by atomic mass is 10.1. The van der Waals surface area contributed by atoms with E-state index >= 15 is 0 Å². The zero-order valence-corrected chi connectivity index (χ0v) is 8.84. The lowest BCUT2D eigenvalue weighted by molar-refractivity contribution is -0.275. The molecule has 18 heavy (non-hydrogen) atoms. The average molecular weight is 272 g/mol. The molecule has 0 spiro atoms. The molecule has 9 heteroatoms. The maximum atomic E-state index is 12.6. The van der Waals surface area contributed by atoms with E-state index in [1.807, 2.05) is 0 Å². The number of nitrogens with two attached hydrogens (primary N) is 1. The highest BCUT2D eigenvalue weighted by atomic mass is 19.4. The summed E-state index contributed by atoms with van der Waals surface area (Å²) in [5.74, 6) is -0.876. The molecule has 0 aliphatic carbocycles. The van der Waals surface area contributed by atoms with Gasteiger partial charge in [0.25, 0.3) is 6.43 Å². The second-order valence-electron chi connectivity index (χ2n) is 3.19. The first-order valence-electron chi connectivity index (χ1n) is 4.66. The predicted molar refractivity (Wildman–Crippen MR) is 49.7 cm³/mol. The molecule has 1 heterocycles. The SMILES string of the molecule is NCc1c(OC(F)(F)F)cc(CO)nc1C(F)F. The summed E-state index contributed by atoms with van der Waals surface area (Å²) in [6.45, 7) is -1.39. The normalized spacial score (nSPS) is 12.0. The Morgan fingerprint density at radius 3 is 2.39 bits per heavy atom. The molecule has 0 unspecified atom stereocenters. The van der Waals surface area contributed by atoms with Crippen LogP contribution in [0.4, 0.5) is 22.0 Å². The van der Waals surface area contributed by atoms with Gasteiger partial charge in [-0.25, -0.2) is 13.8 Å². The summed E-state index contributed by atoms with van der Waals surface area (Å²) >= 11 is 0. The molecule has 0 aromatic carbocycles. The Labute approximate surface area is 98.2 Å². The van der Waals surface area contributed by atoms with Crippen molar-refractivity contribution in [3.8, 4) is 5.75 Å². The van der Waals surface area contributed by atoms with E-state index in [1.165, 1.54) is 0 Å². The second-order valence-corrected chi connectivity index (χ2v) is 3.19. The number of pyridine rings is 1. The lowest BCUT2D eigenvalue weighted by Gasteiger charge is -2.16. The van der Waals surface area contributed by atoms with Crippen LogP contribution < -0.4 is 10.5 Å². The van der Waals surface area contributed by atoms with Gasteiger partial charge in [0.15, 0.2) is 0 Å². The molecule has 4 nitrogen and oxygen atoms in total. The van der Waals surface area contributed by atoms with Crippen LogP contribution in [0.15, 0.2) is 6.07 Å². The zero-order valence-electron chi connectivity index (χ0n) is 8.84. The van der Waals surface area contributed by atoms with Crippen molar-refractivity contribution < 1.29 is 31.8 Å². The number of hydrogen-bond acceptors (Lipinski definition) is 4. The molecule has 0 radical (unpaired) electrons. The van der Waals surface area contributed by atoms with Crippen molar-refractivity contribution in [1.29, 1.82) is 0 Å². The summed E-state index contributed by atoms with van der Waals surface area (Å²) in [7, 11) is 0. The Bertz CT molecular complexity index is 422. The van der Waals surface area contributed by atoms with Gasteiger partial charge in [0.2, 0.25) is 0 Å². The lowest BCUT2D eigenvalue weighted by Crippen LogP contribution is -2.20. The fraction of sp³-hybridized carbons (Fsp3) is 0.444. The number of ether oxygens (including phenoxy) is 1. The predicted octanol–water partition coefficient (Wildman–Crippen LogP) is 1.87. The molecule has 1 aromatic rings. The first-order valence-corrected chi connectivity index (χ1v) is 4.66. The Morgan fingerprint density at radius 1 is 1.39 bits per heavy atom. The molecular weight excluding hydrogens is 263 g/mol. The van der Waals surface area contributed by atoms with Gasteiger partial charge < -0.3 is 15.6 Å². The minimum Gasteiger partial charge on any atom is -0.405 e. The molecule has 0 saturated carbocycles. The molecule has 0 fully saturated rings. The standard InChI is InChI=1S/C9H9F5N2O2/c10-8(11)7-5(2-15)6(18-9(12,13)14)1-4(3-17)16-7/h1,8,17H,2-3,15H2. The van der Waals surface area contributed by atoms with E-state index in [-0.39, 0.29) is 5.69 Å². The van der Waals surface area contributed by atoms with Gasteiger partial charge in [0.05, 0.1) is 12.3 Å². The minimum absolute atomic E-state index is 0.359. The van der Waals surface area contributed by atoms with Crippen molar-refractivity contribution in [2.75, 3.05) is 0 Å². The summed E-state index contributed by atoms with van der Waals surface area (Å²) in [5, 5.41) is 8.75. The Hall–Kier alpha value is -1.48. The molecular formula is C9H9F5N2O2. The molecule has 1 rings (SSSR count). The monoisotopic (exact) mass is 272 g/mol. The maximum absolute atomic E-state index is 12.6. The van der Waals surface area contributed by atoms with Crippen molar-refractivity contribution in [2.45, 2.75) is 25.9 Å². The molecule has 0 saturated heterocycles. The van der Waals surface area contributed by atoms with E-state index in [4.69, 9.17) is 10.8 Å². The van der Waals surface area contributed by atoms with Gasteiger partial charge in [-0.05, 0) is 0 Å². The Morgan fingerprint density at radius 2 is 2.00 bits per heavy atom. The summed E-state index contributed by atoms with van der Waals surface area (Å²) in [6.07, 6.45) is -8.16. The summed E-state index contributed by atoms with van der Waals surface area (Å²) < 4.78 is 65.1. The van der Waals surface area contributed by atoms with Crippen LogP contribution >= 0.6 is 0 Å². The van der Waals surface area contributed by atoms with E-state index in [1.54, 1.807) is 0 Å². The molecule has 0 atom stereocenters. The van der Waals surface area contributed by atoms with Crippen LogP contribution in [0.2, 0.25) is 0 Å². The third-order valence-corrected chi connectivity index (χ3v) is 1.97. The third-order valence-electron chi connectivity index (χ3n) is 1.97. The molecule has 0 amide bonds. The van der Waals surface area contributed by atoms with Crippen LogP contribution in [-0.4, -0.2) is 16.5 Å². The summed E-state index contributed by atoms with van der Waals surface area (Å²) in [5.41, 5.74) is 3.29. The van der Waals surface area contributed by atoms with Gasteiger partial charge in [-0.1, -0.05) is 0 Å². The first-order chi connectivity index (χ1) is 8.28. The van der Waals surface area contributed by atoms with Crippen LogP contribution in [0.5, 0.6) is 5.75 Å². The number of rotatable bonds is 4. The van der Waals surface area contributed by atoms with E-state index in [0.717, 1.165) is 6.07 Å². The van der Waals surface area contributed by atoms with Crippen LogP contribution in [-0.2, 0) is 13.2 Å². The van der Waals surface area contributed by atoms with Crippen LogP contribution in [0, 0.1) is 0 Å². The maximum Gasteiger partial charge on any atom is 0.573 e. The van der Waals surface area contributed by atoms with Crippen molar-refractivity contribution >= 4 is 0 Å². The molecule has 0 aliphatic heterocycles. The topological polar surface area (TPSA) is 68.4 Å². The van der Waals surface area contributed by atoms with Gasteiger partial charge >= 0.3 is 6.36 Å². The van der Waals surface area contributed by atoms with Gasteiger partial charge in [0, 0.05) is 18.2 Å². The molecule has 0 aliphatic rings. The van der Waals surface area contributed by atoms with E-state index in [9.17, 15) is 22.0 Å². The summed E-state index contributed by atoms with van der Waals surface area (Å²) in [4.78, 5) is 3.32. The number of hydrogen-bond donors (Lipinski definition) is 2. The molecule has 3 N–H and O–H groups in total. The zero-order chi connectivity index (χ0) is 13.9. The van der Waals surface area contributed by atoms with Crippen LogP contribution in [0.1, 0.15) is 23.4 Å². The van der Waals surface area contributed by atoms with Gasteiger partial charge in [-0.15, -0.1) is 13.2 Å². The fourth-order valence-electron chi connectivity index (χ4n) is 1.30. The Balaban J connectivity index is 3.33. The van der Waals surface area contributed by atoms with E-state index < -0.39 is 42.9 Å². The van der Waals surface area contributed by atoms with Crippen LogP contribution in [0.25, 0.3) is 0 Å². The number of aromatic nitrogens is 1. The first kappa shape index (κ1) is 14.6. The quantitative estimate of drug-likeness (QED) is 0.821. The fourth-order valence-corrected chi connectivity index (χ4v) is 1.30. The molecule has 0 bridgehead atoms. The number of aliphatic hydroxyl groups excluding tert-OH is 1. The summed E-state index contributed by atoms with van der Waals surface area (Å²) in [6, 6.07) is 0.724. The average Bonchev–Trinajstić information content (AvgIpc) is 2.25. The smallest absolute Gasteiger partial charge is 0.405 e. The second kappa shape index (κ2) is 5.44. The minimum atomic E-state index is -5.04. The van der Waals surface area contributed by atoms with E-state index in [0.29, 0.717) is 0 Å². The highest BCUT2D eigenvalue weighted by molar-refractivity contribution is 5.39. The number of halogens is 5. The van der Waals surface area contributed by atoms with Crippen LogP contribution in [0.3, 0.4) is 0 Å². The van der Waals surface area contributed by atoms with Gasteiger partial charge in [-0.3, -0.25) is 0 Å². The van der Waals surface area contributed by atoms with Gasteiger partial charge in [0.1, 0.15) is 11.4 Å². The third kappa shape index (κ3) is 3.50. The number of aliphatic hydroxyl groups is 1.